The summed E-state index contributed by atoms with van der Waals surface area (Å²) >= 11 is 3.45. The quantitative estimate of drug-likeness (QED) is 0.347. The molecule has 0 fully saturated rings. The molecule has 0 aliphatic heterocycles. The highest BCUT2D eigenvalue weighted by Gasteiger charge is 2.05. The van der Waals surface area contributed by atoms with E-state index in [2.05, 4.69) is 51.2 Å². The summed E-state index contributed by atoms with van der Waals surface area (Å²) in [5.41, 5.74) is 2.92. The van der Waals surface area contributed by atoms with Gasteiger partial charge in [0.1, 0.15) is 0 Å². The predicted molar refractivity (Wildman–Crippen MR) is 82.3 cm³/mol. The Morgan fingerprint density at radius 3 is 2.47 bits per heavy atom. The van der Waals surface area contributed by atoms with Gasteiger partial charge in [-0.25, -0.2) is 4.98 Å². The normalized spacial score (nSPS) is 11.4. The number of benzene rings is 2. The lowest BCUT2D eigenvalue weighted by atomic mass is 10.1. The van der Waals surface area contributed by atoms with Gasteiger partial charge in [0.15, 0.2) is 0 Å². The molecule has 4 rings (SSSR count). The summed E-state index contributed by atoms with van der Waals surface area (Å²) in [6, 6.07) is 16.6. The van der Waals surface area contributed by atoms with E-state index in [-0.39, 0.29) is 0 Å². The van der Waals surface area contributed by atoms with Gasteiger partial charge in [0.25, 0.3) is 0 Å². The van der Waals surface area contributed by atoms with Crippen LogP contribution in [0.2, 0.25) is 0 Å². The number of nitrogens with zero attached hydrogens (tertiary/aromatic N) is 2. The topological polar surface area (TPSA) is 25.8 Å². The molecule has 0 aliphatic rings. The van der Waals surface area contributed by atoms with E-state index in [1.54, 1.807) is 0 Å². The molecule has 0 aliphatic carbocycles. The van der Waals surface area contributed by atoms with Gasteiger partial charge < -0.3 is 0 Å². The second kappa shape index (κ2) is 4.00. The number of halogens is 1. The minimum absolute atomic E-state index is 0.950. The van der Waals surface area contributed by atoms with Gasteiger partial charge >= 0.3 is 0 Å². The van der Waals surface area contributed by atoms with Crippen molar-refractivity contribution in [3.8, 4) is 0 Å². The fraction of sp³-hybridized carbons (Fsp3) is 0. The Morgan fingerprint density at radius 2 is 1.58 bits per heavy atom. The summed E-state index contributed by atoms with van der Waals surface area (Å²) in [6.45, 7) is 0. The molecule has 0 atom stereocenters. The van der Waals surface area contributed by atoms with Gasteiger partial charge in [-0.15, -0.1) is 0 Å². The fourth-order valence-corrected chi connectivity index (χ4v) is 2.76. The summed E-state index contributed by atoms with van der Waals surface area (Å²) in [7, 11) is 0. The lowest BCUT2D eigenvalue weighted by Gasteiger charge is -2.05. The van der Waals surface area contributed by atoms with Crippen LogP contribution in [-0.2, 0) is 0 Å². The van der Waals surface area contributed by atoms with Crippen molar-refractivity contribution in [1.29, 1.82) is 0 Å². The van der Waals surface area contributed by atoms with E-state index >= 15 is 0 Å². The van der Waals surface area contributed by atoms with Gasteiger partial charge in [-0.2, -0.15) is 0 Å². The number of para-hydroxylation sites is 1. The summed E-state index contributed by atoms with van der Waals surface area (Å²) in [5.74, 6) is 0. The fourth-order valence-electron chi connectivity index (χ4n) is 2.41. The van der Waals surface area contributed by atoms with Crippen molar-refractivity contribution in [2.45, 2.75) is 0 Å². The first-order valence-corrected chi connectivity index (χ1v) is 6.84. The molecular weight excluding hydrogens is 300 g/mol. The number of hydrogen-bond donors (Lipinski definition) is 0. The molecule has 0 saturated carbocycles. The van der Waals surface area contributed by atoms with E-state index in [1.165, 1.54) is 0 Å². The molecule has 90 valence electrons. The maximum absolute atomic E-state index is 4.76. The first-order valence-electron chi connectivity index (χ1n) is 6.05. The van der Waals surface area contributed by atoms with Gasteiger partial charge in [-0.3, -0.25) is 4.98 Å². The second-order valence-electron chi connectivity index (χ2n) is 4.54. The van der Waals surface area contributed by atoms with Crippen molar-refractivity contribution < 1.29 is 0 Å². The third-order valence-corrected chi connectivity index (χ3v) is 3.74. The summed E-state index contributed by atoms with van der Waals surface area (Å²) in [5, 5.41) is 3.39. The minimum Gasteiger partial charge on any atom is -0.253 e. The first-order chi connectivity index (χ1) is 9.31. The van der Waals surface area contributed by atoms with Gasteiger partial charge in [0, 0.05) is 26.8 Å². The van der Waals surface area contributed by atoms with Crippen LogP contribution >= 0.6 is 15.9 Å². The Morgan fingerprint density at radius 1 is 0.789 bits per heavy atom. The molecular formula is C16H9BrN2. The minimum atomic E-state index is 0.950. The zero-order valence-electron chi connectivity index (χ0n) is 9.97. The van der Waals surface area contributed by atoms with Gasteiger partial charge in [0.2, 0.25) is 0 Å². The highest BCUT2D eigenvalue weighted by Crippen LogP contribution is 2.26. The number of rotatable bonds is 0. The first kappa shape index (κ1) is 10.9. The van der Waals surface area contributed by atoms with E-state index in [1.807, 2.05) is 24.4 Å². The van der Waals surface area contributed by atoms with Crippen LogP contribution in [0.1, 0.15) is 0 Å². The largest absolute Gasteiger partial charge is 0.253 e. The molecule has 0 saturated heterocycles. The lowest BCUT2D eigenvalue weighted by molar-refractivity contribution is 1.38. The van der Waals surface area contributed by atoms with Crippen molar-refractivity contribution in [3.63, 3.8) is 0 Å². The van der Waals surface area contributed by atoms with Crippen LogP contribution in [0, 0.1) is 0 Å². The number of hydrogen-bond acceptors (Lipinski definition) is 2. The molecule has 0 radical (unpaired) electrons. The average Bonchev–Trinajstić information content (AvgIpc) is 2.44. The molecule has 0 amide bonds. The molecule has 0 spiro atoms. The van der Waals surface area contributed by atoms with Crippen LogP contribution in [-0.4, -0.2) is 9.97 Å². The Balaban J connectivity index is 2.22. The molecule has 0 unspecified atom stereocenters. The third-order valence-electron chi connectivity index (χ3n) is 3.30. The van der Waals surface area contributed by atoms with Gasteiger partial charge in [-0.05, 0) is 34.1 Å². The van der Waals surface area contributed by atoms with Crippen molar-refractivity contribution in [1.82, 2.24) is 9.97 Å². The second-order valence-corrected chi connectivity index (χ2v) is 5.46. The zero-order valence-corrected chi connectivity index (χ0v) is 11.6. The Labute approximate surface area is 118 Å². The lowest BCUT2D eigenvalue weighted by Crippen LogP contribution is -1.87. The van der Waals surface area contributed by atoms with E-state index in [4.69, 9.17) is 4.98 Å². The predicted octanol–water partition coefficient (Wildman–Crippen LogP) is 4.70. The van der Waals surface area contributed by atoms with E-state index in [0.717, 1.165) is 37.2 Å². The van der Waals surface area contributed by atoms with E-state index < -0.39 is 0 Å². The Kier molecular flexibility index (Phi) is 2.29. The Hall–Kier alpha value is -2.00. The molecule has 0 N–H and O–H groups in total. The number of fused-ring (bicyclic) bond motifs is 4. The molecule has 2 aromatic heterocycles. The number of pyridine rings is 2. The van der Waals surface area contributed by atoms with Crippen LogP contribution < -0.4 is 0 Å². The molecule has 3 heteroatoms. The molecule has 19 heavy (non-hydrogen) atoms. The van der Waals surface area contributed by atoms with Crippen LogP contribution in [0.3, 0.4) is 0 Å². The third kappa shape index (κ3) is 1.70. The monoisotopic (exact) mass is 308 g/mol. The smallest absolute Gasteiger partial charge is 0.0972 e. The van der Waals surface area contributed by atoms with E-state index in [0.29, 0.717) is 0 Å². The maximum atomic E-state index is 4.76. The molecule has 2 heterocycles. The summed E-state index contributed by atoms with van der Waals surface area (Å²) in [4.78, 5) is 9.26. The SMILES string of the molecule is Brc1cnc2c(ccc3cc4ccccc4nc32)c1. The standard InChI is InChI=1S/C16H9BrN2/c17-13-8-12-6-5-11-7-10-3-1-2-4-14(10)19-16(11)15(12)18-9-13/h1-9H. The zero-order chi connectivity index (χ0) is 12.8. The molecule has 0 bridgehead atoms. The highest BCUT2D eigenvalue weighted by atomic mass is 79.9. The average molecular weight is 309 g/mol. The van der Waals surface area contributed by atoms with Crippen LogP contribution in [0.5, 0.6) is 0 Å². The molecule has 2 nitrogen and oxygen atoms in total. The van der Waals surface area contributed by atoms with Crippen molar-refractivity contribution in [2.24, 2.45) is 0 Å². The highest BCUT2D eigenvalue weighted by molar-refractivity contribution is 9.10. The van der Waals surface area contributed by atoms with Crippen molar-refractivity contribution in [2.75, 3.05) is 0 Å². The summed E-state index contributed by atoms with van der Waals surface area (Å²) < 4.78 is 0.986. The summed E-state index contributed by atoms with van der Waals surface area (Å²) in [6.07, 6.45) is 1.82. The maximum Gasteiger partial charge on any atom is 0.0972 e. The van der Waals surface area contributed by atoms with Crippen LogP contribution in [0.4, 0.5) is 0 Å². The van der Waals surface area contributed by atoms with Crippen LogP contribution in [0.25, 0.3) is 32.7 Å². The van der Waals surface area contributed by atoms with Gasteiger partial charge in [0.05, 0.1) is 16.6 Å². The van der Waals surface area contributed by atoms with Gasteiger partial charge in [-0.1, -0.05) is 30.3 Å². The van der Waals surface area contributed by atoms with E-state index in [9.17, 15) is 0 Å². The molecule has 4 aromatic rings. The molecule has 2 aromatic carbocycles. The Bertz CT molecular complexity index is 931. The van der Waals surface area contributed by atoms with Crippen molar-refractivity contribution in [3.05, 3.63) is 59.2 Å². The number of aromatic nitrogens is 2. The van der Waals surface area contributed by atoms with Crippen LogP contribution in [0.15, 0.2) is 59.2 Å². The van der Waals surface area contributed by atoms with Crippen molar-refractivity contribution >= 4 is 48.6 Å².